The molecule has 89 valence electrons. The van der Waals surface area contributed by atoms with Crippen LogP contribution in [0.2, 0.25) is 0 Å². The Kier molecular flexibility index (Phi) is 5.74. The van der Waals surface area contributed by atoms with E-state index in [0.29, 0.717) is 11.5 Å². The number of aromatic nitrogens is 1. The quantitative estimate of drug-likeness (QED) is 0.796. The summed E-state index contributed by atoms with van der Waals surface area (Å²) in [6.45, 7) is 6.06. The van der Waals surface area contributed by atoms with E-state index in [0.717, 1.165) is 30.3 Å². The van der Waals surface area contributed by atoms with Gasteiger partial charge in [0.05, 0.1) is 5.69 Å². The minimum Gasteiger partial charge on any atom is -0.356 e. The first-order chi connectivity index (χ1) is 7.76. The van der Waals surface area contributed by atoms with Crippen molar-refractivity contribution in [1.82, 2.24) is 5.16 Å². The molecule has 0 aliphatic heterocycles. The Bertz CT molecular complexity index is 483. The van der Waals surface area contributed by atoms with Crippen LogP contribution < -0.4 is 0 Å². The maximum absolute atomic E-state index is 13.0. The van der Waals surface area contributed by atoms with Crippen molar-refractivity contribution in [3.05, 3.63) is 36.6 Å². The number of benzene rings is 1. The van der Waals surface area contributed by atoms with Gasteiger partial charge in [0.15, 0.2) is 5.58 Å². The molecule has 0 saturated heterocycles. The maximum atomic E-state index is 13.0. The smallest absolute Gasteiger partial charge is 0.170 e. The fourth-order valence-electron chi connectivity index (χ4n) is 1.99. The van der Waals surface area contributed by atoms with Crippen LogP contribution in [-0.4, -0.2) is 5.16 Å². The Morgan fingerprint density at radius 1 is 1.47 bits per heavy atom. The molecule has 4 heteroatoms. The van der Waals surface area contributed by atoms with Crippen molar-refractivity contribution in [2.75, 3.05) is 0 Å². The fraction of sp³-hybridized carbons (Fsp3) is 0.385. The summed E-state index contributed by atoms with van der Waals surface area (Å²) in [7, 11) is 0. The summed E-state index contributed by atoms with van der Waals surface area (Å²) >= 11 is 0. The molecule has 1 radical (unpaired) electrons. The van der Waals surface area contributed by atoms with E-state index >= 15 is 0 Å². The molecular formula is C13H15FNOY-. The number of halogens is 1. The number of rotatable bonds is 4. The first kappa shape index (κ1) is 14.8. The van der Waals surface area contributed by atoms with Crippen molar-refractivity contribution in [2.24, 2.45) is 0 Å². The molecule has 2 rings (SSSR count). The standard InChI is InChI=1S/C13H15FNO.Y/c1-3-5-9(4-2)13-11-7-6-10(14)8-12(11)16-15-13;/h6-9H,2-5H2,1H3;/q-1;. The van der Waals surface area contributed by atoms with Crippen LogP contribution in [0.3, 0.4) is 0 Å². The van der Waals surface area contributed by atoms with Crippen LogP contribution in [0.15, 0.2) is 22.7 Å². The van der Waals surface area contributed by atoms with Gasteiger partial charge in [-0.2, -0.15) is 6.42 Å². The van der Waals surface area contributed by atoms with Gasteiger partial charge in [-0.1, -0.05) is 18.5 Å². The molecular weight excluding hydrogens is 294 g/mol. The monoisotopic (exact) mass is 309 g/mol. The predicted octanol–water partition coefficient (Wildman–Crippen LogP) is 4.07. The minimum absolute atomic E-state index is 0. The zero-order valence-electron chi connectivity index (χ0n) is 9.95. The van der Waals surface area contributed by atoms with E-state index < -0.39 is 0 Å². The largest absolute Gasteiger partial charge is 0.356 e. The third kappa shape index (κ3) is 3.14. The molecule has 1 heterocycles. The van der Waals surface area contributed by atoms with Crippen LogP contribution in [0.5, 0.6) is 0 Å². The molecule has 0 saturated carbocycles. The molecule has 0 aliphatic carbocycles. The summed E-state index contributed by atoms with van der Waals surface area (Å²) in [6.07, 6.45) is 2.89. The van der Waals surface area contributed by atoms with Gasteiger partial charge in [-0.15, -0.1) is 0 Å². The second-order valence-corrected chi connectivity index (χ2v) is 3.98. The van der Waals surface area contributed by atoms with Gasteiger partial charge in [0.2, 0.25) is 0 Å². The van der Waals surface area contributed by atoms with Crippen LogP contribution in [0.1, 0.15) is 37.8 Å². The Morgan fingerprint density at radius 2 is 2.24 bits per heavy atom. The summed E-state index contributed by atoms with van der Waals surface area (Å²) < 4.78 is 18.1. The van der Waals surface area contributed by atoms with Crippen molar-refractivity contribution in [3.63, 3.8) is 0 Å². The van der Waals surface area contributed by atoms with E-state index in [2.05, 4.69) is 19.0 Å². The number of hydrogen-bond acceptors (Lipinski definition) is 2. The molecule has 1 unspecified atom stereocenters. The summed E-state index contributed by atoms with van der Waals surface area (Å²) in [5, 5.41) is 4.95. The van der Waals surface area contributed by atoms with Crippen molar-refractivity contribution >= 4 is 11.0 Å². The van der Waals surface area contributed by atoms with Gasteiger partial charge in [0.25, 0.3) is 0 Å². The van der Waals surface area contributed by atoms with E-state index in [1.165, 1.54) is 12.1 Å². The molecule has 1 aromatic heterocycles. The Balaban J connectivity index is 0.00000144. The zero-order chi connectivity index (χ0) is 11.5. The zero-order valence-corrected chi connectivity index (χ0v) is 12.8. The first-order valence-corrected chi connectivity index (χ1v) is 5.60. The van der Waals surface area contributed by atoms with Crippen LogP contribution in [0, 0.1) is 12.7 Å². The normalized spacial score (nSPS) is 12.4. The Hall–Kier alpha value is -0.276. The molecule has 0 fully saturated rings. The molecule has 1 atom stereocenters. The van der Waals surface area contributed by atoms with E-state index in [1.54, 1.807) is 6.07 Å². The number of nitrogens with zero attached hydrogens (tertiary/aromatic N) is 1. The molecule has 17 heavy (non-hydrogen) atoms. The molecule has 0 amide bonds. The van der Waals surface area contributed by atoms with Gasteiger partial charge < -0.3 is 11.4 Å². The van der Waals surface area contributed by atoms with Crippen LogP contribution in [-0.2, 0) is 32.7 Å². The molecule has 0 bridgehead atoms. The molecule has 0 N–H and O–H groups in total. The van der Waals surface area contributed by atoms with Crippen LogP contribution in [0.4, 0.5) is 4.39 Å². The predicted molar refractivity (Wildman–Crippen MR) is 61.6 cm³/mol. The van der Waals surface area contributed by atoms with Gasteiger partial charge in [0, 0.05) is 44.2 Å². The van der Waals surface area contributed by atoms with Gasteiger partial charge in [-0.3, -0.25) is 0 Å². The Morgan fingerprint density at radius 3 is 2.88 bits per heavy atom. The molecule has 2 nitrogen and oxygen atoms in total. The van der Waals surface area contributed by atoms with Crippen molar-refractivity contribution in [1.29, 1.82) is 0 Å². The second-order valence-electron chi connectivity index (χ2n) is 3.98. The van der Waals surface area contributed by atoms with Crippen molar-refractivity contribution in [3.8, 4) is 0 Å². The fourth-order valence-corrected chi connectivity index (χ4v) is 1.99. The summed E-state index contributed by atoms with van der Waals surface area (Å²) in [6, 6.07) is 4.54. The molecule has 0 aliphatic rings. The minimum atomic E-state index is -0.295. The van der Waals surface area contributed by atoms with Gasteiger partial charge in [-0.05, 0) is 24.5 Å². The molecule has 2 aromatic rings. The van der Waals surface area contributed by atoms with Crippen LogP contribution in [0.25, 0.3) is 11.0 Å². The summed E-state index contributed by atoms with van der Waals surface area (Å²) in [4.78, 5) is 0. The van der Waals surface area contributed by atoms with E-state index in [9.17, 15) is 4.39 Å². The Labute approximate surface area is 126 Å². The summed E-state index contributed by atoms with van der Waals surface area (Å²) in [5.74, 6) is 0.00794. The van der Waals surface area contributed by atoms with Gasteiger partial charge in [-0.25, -0.2) is 4.39 Å². The van der Waals surface area contributed by atoms with Gasteiger partial charge >= 0.3 is 0 Å². The van der Waals surface area contributed by atoms with Gasteiger partial charge in [0.1, 0.15) is 5.82 Å². The van der Waals surface area contributed by atoms with Crippen molar-refractivity contribution in [2.45, 2.75) is 32.1 Å². The van der Waals surface area contributed by atoms with E-state index in [1.807, 2.05) is 0 Å². The van der Waals surface area contributed by atoms with E-state index in [-0.39, 0.29) is 38.5 Å². The molecule has 1 aromatic carbocycles. The second kappa shape index (κ2) is 6.60. The third-order valence-corrected chi connectivity index (χ3v) is 2.83. The number of fused-ring (bicyclic) bond motifs is 1. The van der Waals surface area contributed by atoms with E-state index in [4.69, 9.17) is 4.52 Å². The topological polar surface area (TPSA) is 26.0 Å². The average Bonchev–Trinajstić information content (AvgIpc) is 2.68. The first-order valence-electron chi connectivity index (χ1n) is 5.60. The average molecular weight is 309 g/mol. The van der Waals surface area contributed by atoms with Crippen LogP contribution >= 0.6 is 0 Å². The third-order valence-electron chi connectivity index (χ3n) is 2.83. The number of hydrogen-bond donors (Lipinski definition) is 0. The van der Waals surface area contributed by atoms with Crippen molar-refractivity contribution < 1.29 is 41.6 Å². The summed E-state index contributed by atoms with van der Waals surface area (Å²) in [5.41, 5.74) is 1.43. The SMILES string of the molecule is [CH2-]CC(CCC)c1noc2cc(F)ccc12.[Y]. The molecule has 0 spiro atoms. The maximum Gasteiger partial charge on any atom is 0.170 e.